The molecule has 1 aliphatic heterocycles. The molecule has 35 heavy (non-hydrogen) atoms. The van der Waals surface area contributed by atoms with Crippen LogP contribution in [0.3, 0.4) is 0 Å². The number of pyridine rings is 1. The zero-order valence-corrected chi connectivity index (χ0v) is 20.9. The molecule has 2 aromatic heterocycles. The summed E-state index contributed by atoms with van der Waals surface area (Å²) in [6.45, 7) is 6.69. The van der Waals surface area contributed by atoms with E-state index in [1.807, 2.05) is 36.5 Å². The molecule has 7 heteroatoms. The van der Waals surface area contributed by atoms with Crippen molar-refractivity contribution in [1.82, 2.24) is 24.8 Å². The van der Waals surface area contributed by atoms with Gasteiger partial charge in [0.05, 0.1) is 23.8 Å². The van der Waals surface area contributed by atoms with Crippen LogP contribution in [0, 0.1) is 6.92 Å². The van der Waals surface area contributed by atoms with Crippen LogP contribution in [-0.4, -0.2) is 51.5 Å². The second-order valence-corrected chi connectivity index (χ2v) is 10.1. The second-order valence-electron chi connectivity index (χ2n) is 9.12. The molecule has 0 atom stereocenters. The summed E-state index contributed by atoms with van der Waals surface area (Å²) in [7, 11) is 0. The quantitative estimate of drug-likeness (QED) is 0.342. The van der Waals surface area contributed by atoms with Gasteiger partial charge in [-0.3, -0.25) is 9.78 Å². The third kappa shape index (κ3) is 5.92. The van der Waals surface area contributed by atoms with E-state index >= 15 is 0 Å². The van der Waals surface area contributed by atoms with E-state index in [4.69, 9.17) is 4.98 Å². The molecule has 1 fully saturated rings. The summed E-state index contributed by atoms with van der Waals surface area (Å²) >= 11 is 1.73. The number of nitrogens with one attached hydrogen (secondary N) is 1. The van der Waals surface area contributed by atoms with Gasteiger partial charge in [-0.1, -0.05) is 53.7 Å². The zero-order chi connectivity index (χ0) is 24.0. The first-order valence-corrected chi connectivity index (χ1v) is 13.2. The number of aromatic nitrogens is 3. The molecule has 1 saturated heterocycles. The van der Waals surface area contributed by atoms with Crippen molar-refractivity contribution in [2.45, 2.75) is 37.2 Å². The summed E-state index contributed by atoms with van der Waals surface area (Å²) in [6, 6.07) is 18.5. The van der Waals surface area contributed by atoms with Crippen LogP contribution in [0.15, 0.2) is 72.1 Å². The number of rotatable bonds is 9. The summed E-state index contributed by atoms with van der Waals surface area (Å²) in [6.07, 6.45) is 6.19. The Morgan fingerprint density at radius 1 is 1.00 bits per heavy atom. The van der Waals surface area contributed by atoms with Crippen LogP contribution in [0.5, 0.6) is 0 Å². The number of nitrogens with zero attached hydrogens (tertiary/aromatic N) is 4. The van der Waals surface area contributed by atoms with Gasteiger partial charge < -0.3 is 14.8 Å². The second kappa shape index (κ2) is 11.1. The average molecular weight is 486 g/mol. The molecule has 1 amide bonds. The molecule has 0 bridgehead atoms. The minimum absolute atomic E-state index is 0.0117. The number of hydrogen-bond donors (Lipinski definition) is 1. The first-order chi connectivity index (χ1) is 17.2. The van der Waals surface area contributed by atoms with Gasteiger partial charge in [-0.05, 0) is 62.2 Å². The Hall–Kier alpha value is -3.16. The fraction of sp³-hybridized carbons (Fsp3) is 0.321. The van der Waals surface area contributed by atoms with Gasteiger partial charge in [0.25, 0.3) is 5.91 Å². The number of benzene rings is 2. The number of thioether (sulfide) groups is 1. The highest BCUT2D eigenvalue weighted by Crippen LogP contribution is 2.27. The number of carbonyl (C=O) groups is 1. The average Bonchev–Trinajstić information content (AvgIpc) is 3.52. The van der Waals surface area contributed by atoms with Crippen LogP contribution < -0.4 is 5.32 Å². The first kappa shape index (κ1) is 23.6. The number of amides is 1. The number of likely N-dealkylation sites (tertiary alicyclic amines) is 1. The van der Waals surface area contributed by atoms with Crippen molar-refractivity contribution in [3.63, 3.8) is 0 Å². The van der Waals surface area contributed by atoms with E-state index in [1.54, 1.807) is 18.0 Å². The summed E-state index contributed by atoms with van der Waals surface area (Å²) < 4.78 is 2.21. The van der Waals surface area contributed by atoms with Crippen LogP contribution in [-0.2, 0) is 12.3 Å². The van der Waals surface area contributed by atoms with Gasteiger partial charge in [0.2, 0.25) is 0 Å². The molecule has 180 valence electrons. The monoisotopic (exact) mass is 485 g/mol. The molecule has 1 aliphatic rings. The summed E-state index contributed by atoms with van der Waals surface area (Å²) in [5.74, 6) is 0.843. The summed E-state index contributed by atoms with van der Waals surface area (Å²) in [5.41, 5.74) is 6.32. The van der Waals surface area contributed by atoms with Gasteiger partial charge in [-0.25, -0.2) is 4.98 Å². The third-order valence-electron chi connectivity index (χ3n) is 6.47. The van der Waals surface area contributed by atoms with E-state index in [9.17, 15) is 4.79 Å². The zero-order valence-electron chi connectivity index (χ0n) is 20.1. The number of aryl methyl sites for hydroxylation is 1. The minimum atomic E-state index is -0.0117. The topological polar surface area (TPSA) is 63.1 Å². The number of carbonyl (C=O) groups excluding carboxylic acids is 1. The van der Waals surface area contributed by atoms with E-state index in [-0.39, 0.29) is 5.91 Å². The Morgan fingerprint density at radius 3 is 2.51 bits per heavy atom. The molecule has 2 aromatic carbocycles. The molecule has 0 spiro atoms. The number of hydrogen-bond acceptors (Lipinski definition) is 5. The van der Waals surface area contributed by atoms with Crippen molar-refractivity contribution >= 4 is 28.7 Å². The van der Waals surface area contributed by atoms with Crippen LogP contribution in [0.1, 0.15) is 39.9 Å². The van der Waals surface area contributed by atoms with Gasteiger partial charge >= 0.3 is 0 Å². The predicted molar refractivity (Wildman–Crippen MR) is 142 cm³/mol. The van der Waals surface area contributed by atoms with Crippen molar-refractivity contribution in [3.8, 4) is 0 Å². The largest absolute Gasteiger partial charge is 0.351 e. The van der Waals surface area contributed by atoms with Gasteiger partial charge in [-0.15, -0.1) is 0 Å². The standard InChI is InChI=1S/C28H31N5OS/c1-21-4-6-23(7-5-21)20-35-28-31-25-12-13-29-18-26(25)33(28)19-22-8-10-24(11-9-22)27(34)30-14-17-32-15-2-3-16-32/h4-13,18H,2-3,14-17,19-20H2,1H3,(H,30,34). The number of fused-ring (bicyclic) bond motifs is 1. The Kier molecular flexibility index (Phi) is 7.45. The molecule has 1 N–H and O–H groups in total. The maximum absolute atomic E-state index is 12.6. The lowest BCUT2D eigenvalue weighted by Gasteiger charge is -2.14. The Labute approximate surface area is 210 Å². The smallest absolute Gasteiger partial charge is 0.251 e. The van der Waals surface area contributed by atoms with Crippen LogP contribution in [0.2, 0.25) is 0 Å². The van der Waals surface area contributed by atoms with Gasteiger partial charge in [0.1, 0.15) is 0 Å². The molecule has 0 aliphatic carbocycles. The van der Waals surface area contributed by atoms with Crippen molar-refractivity contribution in [1.29, 1.82) is 0 Å². The van der Waals surface area contributed by atoms with E-state index in [0.29, 0.717) is 18.7 Å². The van der Waals surface area contributed by atoms with Gasteiger partial charge in [-0.2, -0.15) is 0 Å². The van der Waals surface area contributed by atoms with E-state index < -0.39 is 0 Å². The van der Waals surface area contributed by atoms with Gasteiger partial charge in [0.15, 0.2) is 5.16 Å². The molecule has 0 saturated carbocycles. The highest BCUT2D eigenvalue weighted by molar-refractivity contribution is 7.98. The summed E-state index contributed by atoms with van der Waals surface area (Å²) in [5, 5.41) is 4.02. The van der Waals surface area contributed by atoms with E-state index in [0.717, 1.165) is 47.1 Å². The maximum atomic E-state index is 12.6. The lowest BCUT2D eigenvalue weighted by Crippen LogP contribution is -2.33. The van der Waals surface area contributed by atoms with E-state index in [1.165, 1.54) is 24.0 Å². The van der Waals surface area contributed by atoms with Crippen molar-refractivity contribution in [2.24, 2.45) is 0 Å². The molecular formula is C28H31N5OS. The molecule has 3 heterocycles. The molecule has 6 nitrogen and oxygen atoms in total. The lowest BCUT2D eigenvalue weighted by molar-refractivity contribution is 0.0949. The van der Waals surface area contributed by atoms with Crippen molar-refractivity contribution in [3.05, 3.63) is 89.2 Å². The molecule has 5 rings (SSSR count). The van der Waals surface area contributed by atoms with Crippen LogP contribution in [0.4, 0.5) is 0 Å². The van der Waals surface area contributed by atoms with E-state index in [2.05, 4.69) is 51.0 Å². The molecule has 0 unspecified atom stereocenters. The maximum Gasteiger partial charge on any atom is 0.251 e. The highest BCUT2D eigenvalue weighted by atomic mass is 32.2. The summed E-state index contributed by atoms with van der Waals surface area (Å²) in [4.78, 5) is 24.2. The predicted octanol–water partition coefficient (Wildman–Crippen LogP) is 4.91. The lowest BCUT2D eigenvalue weighted by atomic mass is 10.1. The fourth-order valence-corrected chi connectivity index (χ4v) is 5.39. The highest BCUT2D eigenvalue weighted by Gasteiger charge is 2.14. The third-order valence-corrected chi connectivity index (χ3v) is 7.52. The molecule has 0 radical (unpaired) electrons. The van der Waals surface area contributed by atoms with Crippen LogP contribution >= 0.6 is 11.8 Å². The normalized spacial score (nSPS) is 14.0. The Bertz CT molecular complexity index is 1280. The first-order valence-electron chi connectivity index (χ1n) is 12.2. The number of imidazole rings is 1. The van der Waals surface area contributed by atoms with Crippen molar-refractivity contribution in [2.75, 3.05) is 26.2 Å². The SMILES string of the molecule is Cc1ccc(CSc2nc3ccncc3n2Cc2ccc(C(=O)NCCN3CCCC3)cc2)cc1. The Balaban J connectivity index is 1.26. The fourth-order valence-electron chi connectivity index (χ4n) is 4.42. The molecular weight excluding hydrogens is 454 g/mol. The Morgan fingerprint density at radius 2 is 1.74 bits per heavy atom. The van der Waals surface area contributed by atoms with Crippen LogP contribution in [0.25, 0.3) is 11.0 Å². The molecule has 4 aromatic rings. The minimum Gasteiger partial charge on any atom is -0.351 e. The van der Waals surface area contributed by atoms with Gasteiger partial charge in [0, 0.05) is 30.6 Å². The van der Waals surface area contributed by atoms with Crippen molar-refractivity contribution < 1.29 is 4.79 Å².